The molecule has 28 heteroatoms. The van der Waals surface area contributed by atoms with Crippen LogP contribution in [-0.2, 0) is 39.9 Å². The third-order valence-electron chi connectivity index (χ3n) is 14.3. The van der Waals surface area contributed by atoms with Gasteiger partial charge in [0.15, 0.2) is 0 Å². The number of sulfone groups is 2. The minimum absolute atomic E-state index is 0. The first-order valence-corrected chi connectivity index (χ1v) is 35.8. The van der Waals surface area contributed by atoms with E-state index < -0.39 is 78.7 Å². The molecule has 0 spiro atoms. The monoisotopic (exact) mass is 1560 g/mol. The normalized spacial score (nSPS) is 10.7. The van der Waals surface area contributed by atoms with Crippen LogP contribution in [0.15, 0.2) is 296 Å². The maximum atomic E-state index is 13.4. The number of hydrogen-bond donors (Lipinski definition) is 4. The van der Waals surface area contributed by atoms with Crippen molar-refractivity contribution in [3.05, 3.63) is 307 Å². The maximum Gasteiger partial charge on any atom is 1.00 e. The van der Waals surface area contributed by atoms with Crippen LogP contribution in [0.1, 0.15) is 16.7 Å². The molecule has 18 nitrogen and oxygen atoms in total. The van der Waals surface area contributed by atoms with Crippen molar-refractivity contribution in [2.75, 3.05) is 7.11 Å². The van der Waals surface area contributed by atoms with Gasteiger partial charge in [0.2, 0.25) is 19.7 Å². The predicted molar refractivity (Wildman–Crippen MR) is 376 cm³/mol. The Hall–Kier alpha value is -9.13. The number of aryl methyl sites for hydroxylation is 1. The van der Waals surface area contributed by atoms with Crippen molar-refractivity contribution in [3.63, 3.8) is 0 Å². The second-order valence-electron chi connectivity index (χ2n) is 21.6. The first kappa shape index (κ1) is 85.8. The van der Waals surface area contributed by atoms with Crippen LogP contribution in [0.5, 0.6) is 63.2 Å². The summed E-state index contributed by atoms with van der Waals surface area (Å²) in [6.45, 7) is 1.84. The van der Waals surface area contributed by atoms with Gasteiger partial charge in [-0.3, -0.25) is 0 Å². The molecule has 0 aliphatic heterocycles. The van der Waals surface area contributed by atoms with Gasteiger partial charge in [-0.05, 0) is 229 Å². The summed E-state index contributed by atoms with van der Waals surface area (Å²) in [7, 11) is -15.7. The number of hydrogen-bond acceptors (Lipinski definition) is 18. The van der Waals surface area contributed by atoms with Crippen LogP contribution in [0.2, 0.25) is 0 Å². The van der Waals surface area contributed by atoms with Crippen molar-refractivity contribution >= 4 is 39.9 Å². The average Bonchev–Trinajstić information content (AvgIpc) is 0.808. The van der Waals surface area contributed by atoms with Crippen molar-refractivity contribution in [2.45, 2.75) is 36.3 Å². The second-order valence-corrected chi connectivity index (χ2v) is 28.2. The largest absolute Gasteiger partial charge is 1.00 e. The zero-order valence-electron chi connectivity index (χ0n) is 56.2. The van der Waals surface area contributed by atoms with E-state index in [9.17, 15) is 60.3 Å². The summed E-state index contributed by atoms with van der Waals surface area (Å²) < 4.78 is 191. The van der Waals surface area contributed by atoms with Gasteiger partial charge in [0.1, 0.15) is 112 Å². The van der Waals surface area contributed by atoms with E-state index in [2.05, 4.69) is 11.8 Å². The summed E-state index contributed by atoms with van der Waals surface area (Å²) in [4.78, 5) is -1.52. The quantitative estimate of drug-likeness (QED) is 0.0185. The predicted octanol–water partition coefficient (Wildman–Crippen LogP) is 10.3. The SMILES string of the molecule is C#Cc1ccc(C)cc1Oc1ccc(Oc2ccc(S(=O)(=O)c3ccc(Oc4ccc(-c5ccc(OC)cc5)cc4)cc3)cc2)c(S(=O)(=O)[O-])c1.C#Cc1ccc(F)cc1F.O=S(=O)([O-])c1cc(O)ccc1O.O=S(=O)(c1ccc(F)cc1)c1ccc(F)cc1.Oc1ccc(-c2ccc(O)cc2)cc1.[K+].[K+]. The van der Waals surface area contributed by atoms with Gasteiger partial charge in [0.25, 0.3) is 0 Å². The van der Waals surface area contributed by atoms with Crippen molar-refractivity contribution in [1.29, 1.82) is 0 Å². The van der Waals surface area contributed by atoms with E-state index in [0.29, 0.717) is 28.9 Å². The van der Waals surface area contributed by atoms with Gasteiger partial charge in [-0.1, -0.05) is 66.4 Å². The van der Waals surface area contributed by atoms with E-state index in [0.717, 1.165) is 88.2 Å². The zero-order chi connectivity index (χ0) is 75.5. The average molecular weight is 1560 g/mol. The Bertz CT molecular complexity index is 5470. The van der Waals surface area contributed by atoms with Gasteiger partial charge in [-0.15, -0.1) is 12.8 Å². The molecule has 0 fully saturated rings. The number of phenolic OH excluding ortho intramolecular Hbond substituents is 4. The van der Waals surface area contributed by atoms with Crippen molar-refractivity contribution in [3.8, 4) is 110 Å². The minimum Gasteiger partial charge on any atom is -0.744 e. The maximum absolute atomic E-state index is 13.4. The molecule has 0 saturated carbocycles. The minimum atomic E-state index is -5.00. The summed E-state index contributed by atoms with van der Waals surface area (Å²) in [6, 6.07) is 64.2. The molecule has 0 aliphatic rings. The van der Waals surface area contributed by atoms with E-state index in [-0.39, 0.29) is 162 Å². The number of ether oxygens (including phenoxy) is 4. The molecule has 0 atom stereocenters. The topological polar surface area (TPSA) is 301 Å². The summed E-state index contributed by atoms with van der Waals surface area (Å²) >= 11 is 0. The number of aromatic hydroxyl groups is 4. The fourth-order valence-electron chi connectivity index (χ4n) is 9.04. The van der Waals surface area contributed by atoms with E-state index in [4.69, 9.17) is 52.2 Å². The van der Waals surface area contributed by atoms with E-state index in [1.54, 1.807) is 61.7 Å². The van der Waals surface area contributed by atoms with Gasteiger partial charge in [0.05, 0.1) is 42.7 Å². The van der Waals surface area contributed by atoms with Gasteiger partial charge >= 0.3 is 103 Å². The molecule has 12 aromatic rings. The van der Waals surface area contributed by atoms with Crippen molar-refractivity contribution in [2.24, 2.45) is 0 Å². The molecule has 12 aromatic carbocycles. The molecular weight excluding hydrogens is 1510 g/mol. The molecule has 0 aromatic heterocycles. The third-order valence-corrected chi connectivity index (χ3v) is 19.6. The molecule has 0 heterocycles. The number of rotatable bonds is 15. The van der Waals surface area contributed by atoms with Crippen LogP contribution < -0.4 is 122 Å². The molecule has 0 unspecified atom stereocenters. The zero-order valence-corrected chi connectivity index (χ0v) is 65.7. The number of methoxy groups -OCH3 is 1. The molecule has 0 aliphatic carbocycles. The molecule has 0 amide bonds. The molecule has 0 radical (unpaired) electrons. The Morgan fingerprint density at radius 3 is 1.09 bits per heavy atom. The van der Waals surface area contributed by atoms with Crippen LogP contribution in [-0.4, -0.2) is 70.3 Å². The standard InChI is InChI=1S/C40H30O9S2.C12H8F2O2S.C12H10O2.C8H4F2.C6H6O5S.2K/c1-4-28-6-5-27(2)25-39(28)49-35-19-24-38(40(26-35)51(43,44)45)48-34-17-22-37(23-18-34)50(41,42)36-20-15-33(16-21-36)47-32-13-9-30(10-14-32)29-7-11-31(46-3)12-8-29;13-9-1-5-11(6-2-9)17(15,16)12-7-3-10(14)4-8-12;13-11-5-1-9(2-6-11)10-3-7-12(14)8-4-10;1-2-6-3-4-7(9)5-8(6)10;7-4-1-2-5(8)6(3-4)12(9,10)11;;/h1,5-26H,2-3H3,(H,43,44,45);1-8H;1-8,13-14H;1,3-5H;1-3,7-8H,(H,9,10,11);;/q;;;;;2*+1/p-2. The van der Waals surface area contributed by atoms with Gasteiger partial charge in [-0.2, -0.15) is 0 Å². The van der Waals surface area contributed by atoms with Gasteiger partial charge in [0, 0.05) is 18.2 Å². The third kappa shape index (κ3) is 24.5. The second kappa shape index (κ2) is 38.9. The van der Waals surface area contributed by atoms with Gasteiger partial charge in [-0.25, -0.2) is 51.2 Å². The molecule has 12 rings (SSSR count). The summed E-state index contributed by atoms with van der Waals surface area (Å²) in [5.74, 6) is 3.72. The summed E-state index contributed by atoms with van der Waals surface area (Å²) in [5.41, 5.74) is 5.45. The number of phenols is 4. The molecule has 4 N–H and O–H groups in total. The number of benzene rings is 12. The Morgan fingerprint density at radius 2 is 0.698 bits per heavy atom. The summed E-state index contributed by atoms with van der Waals surface area (Å²) in [6.07, 6.45) is 10.4. The first-order valence-electron chi connectivity index (χ1n) is 30.0. The fraction of sp³-hybridized carbons (Fsp3) is 0.0256. The van der Waals surface area contributed by atoms with Crippen LogP contribution in [0, 0.1) is 54.9 Å². The first-order chi connectivity index (χ1) is 49.3. The van der Waals surface area contributed by atoms with Crippen molar-refractivity contribution in [1.82, 2.24) is 0 Å². The Kier molecular flexibility index (Phi) is 31.5. The molecular formula is C78H56F4K2O18S4. The van der Waals surface area contributed by atoms with Crippen LogP contribution in [0.4, 0.5) is 17.6 Å². The van der Waals surface area contributed by atoms with Crippen LogP contribution >= 0.6 is 0 Å². The fourth-order valence-corrected chi connectivity index (χ4v) is 12.8. The number of terminal acetylenes is 2. The smallest absolute Gasteiger partial charge is 0.744 e. The molecule has 106 heavy (non-hydrogen) atoms. The van der Waals surface area contributed by atoms with E-state index >= 15 is 0 Å². The molecule has 0 bridgehead atoms. The van der Waals surface area contributed by atoms with Crippen LogP contribution in [0.3, 0.4) is 0 Å². The Morgan fingerprint density at radius 1 is 0.349 bits per heavy atom. The Labute approximate surface area is 694 Å². The molecule has 530 valence electrons. The van der Waals surface area contributed by atoms with Crippen molar-refractivity contribution < 1.29 is 202 Å². The van der Waals surface area contributed by atoms with Crippen LogP contribution in [0.25, 0.3) is 22.3 Å². The Balaban J connectivity index is 0.000000256. The van der Waals surface area contributed by atoms with E-state index in [1.807, 2.05) is 79.7 Å². The summed E-state index contributed by atoms with van der Waals surface area (Å²) in [5, 5.41) is 35.9. The van der Waals surface area contributed by atoms with E-state index in [1.165, 1.54) is 78.9 Å². The molecule has 0 saturated heterocycles. The van der Waals surface area contributed by atoms with Gasteiger partial charge < -0.3 is 48.5 Å². The number of halogens is 4.